The van der Waals surface area contributed by atoms with E-state index in [4.69, 9.17) is 20.2 Å². The van der Waals surface area contributed by atoms with Crippen LogP contribution >= 0.6 is 0 Å². The molecule has 5 heterocycles. The van der Waals surface area contributed by atoms with Crippen LogP contribution in [0.25, 0.3) is 73.5 Å². The number of sulfone groups is 2. The highest BCUT2D eigenvalue weighted by Crippen LogP contribution is 2.37. The van der Waals surface area contributed by atoms with Crippen molar-refractivity contribution in [2.45, 2.75) is 96.8 Å². The van der Waals surface area contributed by atoms with Crippen LogP contribution in [-0.4, -0.2) is 125 Å². The maximum atomic E-state index is 13.1. The van der Waals surface area contributed by atoms with Gasteiger partial charge in [-0.2, -0.15) is 20.4 Å². The molecule has 0 atom stereocenters. The maximum Gasteiger partial charge on any atom is 0.273 e. The summed E-state index contributed by atoms with van der Waals surface area (Å²) in [6.07, 6.45) is 10.4. The number of amides is 1. The number of ether oxygens (including phenoxy) is 1. The van der Waals surface area contributed by atoms with Crippen LogP contribution in [-0.2, 0) is 64.6 Å². The van der Waals surface area contributed by atoms with Crippen molar-refractivity contribution >= 4 is 88.4 Å². The van der Waals surface area contributed by atoms with Crippen LogP contribution in [0.2, 0.25) is 0 Å². The van der Waals surface area contributed by atoms with Gasteiger partial charge in [0.15, 0.2) is 25.4 Å². The fraction of sp³-hybridized carbons (Fsp3) is 0.147. The number of aromatic nitrogens is 8. The summed E-state index contributed by atoms with van der Waals surface area (Å²) in [6, 6.07) is 81.0. The topological polar surface area (TPSA) is 439 Å². The number of nitrogens with zero attached hydrogens (tertiary/aromatic N) is 10. The Bertz CT molecular complexity index is 7190. The van der Waals surface area contributed by atoms with Crippen LogP contribution in [0.4, 0.5) is 30.2 Å². The summed E-state index contributed by atoms with van der Waals surface area (Å²) in [4.78, 5) is 24.7. The first-order chi connectivity index (χ1) is 63.3. The quantitative estimate of drug-likeness (QED) is 0.0407. The lowest BCUT2D eigenvalue weighted by Crippen LogP contribution is -2.23. The normalized spacial score (nSPS) is 12.9. The minimum atomic E-state index is -3.73. The van der Waals surface area contributed by atoms with Crippen molar-refractivity contribution in [2.75, 3.05) is 28.4 Å². The zero-order valence-electron chi connectivity index (χ0n) is 73.0. The number of anilines is 2. The molecule has 4 aromatic heterocycles. The smallest absolute Gasteiger partial charge is 0.273 e. The zero-order chi connectivity index (χ0) is 96.8. The number of hydrogen-bond donors (Lipinski definition) is 4. The Morgan fingerprint density at radius 2 is 0.687 bits per heavy atom. The van der Waals surface area contributed by atoms with Crippen molar-refractivity contribution in [1.29, 1.82) is 0 Å². The zero-order valence-corrected chi connectivity index (χ0v) is 77.9. The minimum absolute atomic E-state index is 0.0270. The number of carbonyl (C=O) groups is 1. The first kappa shape index (κ1) is 98.9. The summed E-state index contributed by atoms with van der Waals surface area (Å²) < 4.78 is 191. The molecule has 0 radical (unpaired) electrons. The van der Waals surface area contributed by atoms with Crippen LogP contribution in [0.1, 0.15) is 66.9 Å². The lowest BCUT2D eigenvalue weighted by molar-refractivity contribution is -0.384. The number of para-hydroxylation sites is 1. The SMILES string of the molecule is CS(=O)(=O)Nc1ccc([N+](=O)[O-])cc1OC1CCCCC1.CS(=O)(=O)c1ccc(C2=CCC(=O)N2c2ccc(F)cc2)cc1.Cc1cc(-c2ccc(F)cc2)n(-c2ccc(S(C)(=O)=O)cc2)n1.Cc1cc(-c2ccc(F)cc2)n(-c2ccc(S(N)(=O)=O)cc2)n1.Cc1cc(-c2ccc(S(N)(=O)=O)cc2)n(-c2ccccc2)n1.Cc1cc(-c2ccccc2)n(-c2ccc(S(N)(=O)=O)cc2)n1. The van der Waals surface area contributed by atoms with Crippen molar-refractivity contribution in [3.63, 3.8) is 0 Å². The largest absolute Gasteiger partial charge is 0.488 e. The Kier molecular flexibility index (Phi) is 31.1. The van der Waals surface area contributed by atoms with E-state index in [1.807, 2.05) is 117 Å². The molecule has 15 aromatic rings. The monoisotopic (exact) mass is 1930 g/mol. The van der Waals surface area contributed by atoms with Gasteiger partial charge in [-0.1, -0.05) is 85.3 Å². The van der Waals surface area contributed by atoms with E-state index in [9.17, 15) is 78.6 Å². The van der Waals surface area contributed by atoms with Crippen LogP contribution < -0.4 is 29.8 Å². The molecule has 17 rings (SSSR count). The molecule has 2 aliphatic rings. The van der Waals surface area contributed by atoms with Gasteiger partial charge in [-0.05, 0) is 271 Å². The summed E-state index contributed by atoms with van der Waals surface area (Å²) in [5.74, 6) is -0.883. The Labute approximate surface area is 773 Å². The van der Waals surface area contributed by atoms with Crippen molar-refractivity contribution in [1.82, 2.24) is 39.1 Å². The molecule has 1 aliphatic carbocycles. The first-order valence-corrected chi connectivity index (χ1v) is 51.2. The molecule has 1 amide bonds. The number of hydrogen-bond acceptors (Lipinski definition) is 20. The molecular weight excluding hydrogens is 1840 g/mol. The maximum absolute atomic E-state index is 13.1. The first-order valence-electron chi connectivity index (χ1n) is 40.9. The molecule has 1 saturated carbocycles. The number of carbonyl (C=O) groups excluding carboxylic acids is 1. The molecule has 134 heavy (non-hydrogen) atoms. The Morgan fingerprint density at radius 1 is 0.381 bits per heavy atom. The summed E-state index contributed by atoms with van der Waals surface area (Å²) in [7, 11) is -21.1. The number of rotatable bonds is 20. The van der Waals surface area contributed by atoms with Crippen molar-refractivity contribution in [2.24, 2.45) is 15.4 Å². The van der Waals surface area contributed by atoms with Gasteiger partial charge < -0.3 is 4.74 Å². The average molecular weight is 1930 g/mol. The van der Waals surface area contributed by atoms with Gasteiger partial charge in [0.2, 0.25) is 46.0 Å². The molecule has 30 nitrogen and oxygen atoms in total. The van der Waals surface area contributed by atoms with E-state index < -0.39 is 64.7 Å². The van der Waals surface area contributed by atoms with E-state index in [0.29, 0.717) is 17.1 Å². The van der Waals surface area contributed by atoms with Gasteiger partial charge in [-0.15, -0.1) is 0 Å². The van der Waals surface area contributed by atoms with Crippen molar-refractivity contribution in [3.8, 4) is 73.5 Å². The van der Waals surface area contributed by atoms with Crippen molar-refractivity contribution in [3.05, 3.63) is 359 Å². The number of benzene rings is 11. The van der Waals surface area contributed by atoms with Gasteiger partial charge in [0.1, 0.15) is 17.5 Å². The van der Waals surface area contributed by atoms with Gasteiger partial charge in [0.25, 0.3) is 5.69 Å². The van der Waals surface area contributed by atoms with Crippen LogP contribution in [0.3, 0.4) is 0 Å². The molecular formula is C95H91F3N14O16S6. The third kappa shape index (κ3) is 26.4. The molecule has 7 N–H and O–H groups in total. The van der Waals surface area contributed by atoms with Gasteiger partial charge in [-0.3, -0.25) is 24.5 Å². The molecule has 0 spiro atoms. The van der Waals surface area contributed by atoms with E-state index in [-0.39, 0.29) is 77.5 Å². The predicted molar refractivity (Wildman–Crippen MR) is 507 cm³/mol. The van der Waals surface area contributed by atoms with Gasteiger partial charge in [0.05, 0.1) is 128 Å². The third-order valence-electron chi connectivity index (χ3n) is 20.4. The van der Waals surface area contributed by atoms with Crippen molar-refractivity contribution < 1.29 is 78.1 Å². The minimum Gasteiger partial charge on any atom is -0.488 e. The van der Waals surface area contributed by atoms with E-state index >= 15 is 0 Å². The number of aryl methyl sites for hydroxylation is 4. The summed E-state index contributed by atoms with van der Waals surface area (Å²) >= 11 is 0. The number of sulfonamides is 4. The highest BCUT2D eigenvalue weighted by molar-refractivity contribution is 7.92. The molecule has 0 bridgehead atoms. The van der Waals surface area contributed by atoms with E-state index in [1.54, 1.807) is 117 Å². The molecule has 11 aromatic carbocycles. The number of nitrogens with one attached hydrogen (secondary N) is 1. The second-order valence-electron chi connectivity index (χ2n) is 30.9. The van der Waals surface area contributed by atoms with E-state index in [0.717, 1.165) is 135 Å². The fourth-order valence-corrected chi connectivity index (χ4v) is 17.5. The number of nitro benzene ring substituents is 1. The average Bonchev–Trinajstić information content (AvgIpc) is 1.63. The molecule has 1 aliphatic heterocycles. The Hall–Kier alpha value is -14.2. The number of primary sulfonamides is 3. The molecule has 1 fully saturated rings. The predicted octanol–water partition coefficient (Wildman–Crippen LogP) is 16.7. The second kappa shape index (κ2) is 42.2. The molecule has 0 unspecified atom stereocenters. The van der Waals surface area contributed by atoms with Crippen LogP contribution in [0.15, 0.2) is 328 Å². The van der Waals surface area contributed by atoms with E-state index in [1.165, 1.54) is 126 Å². The van der Waals surface area contributed by atoms with E-state index in [2.05, 4.69) is 25.1 Å². The number of non-ortho nitro benzene ring substituents is 1. The lowest BCUT2D eigenvalue weighted by Gasteiger charge is -2.24. The lowest BCUT2D eigenvalue weighted by atomic mass is 9.98. The Balaban J connectivity index is 0.000000145. The third-order valence-corrected chi connectivity index (χ3v) is 26.1. The van der Waals surface area contributed by atoms with Crippen LogP contribution in [0, 0.1) is 55.3 Å². The highest BCUT2D eigenvalue weighted by Gasteiger charge is 2.28. The number of nitro groups is 1. The number of nitrogens with two attached hydrogens (primary N) is 3. The summed E-state index contributed by atoms with van der Waals surface area (Å²) in [6.45, 7) is 7.56. The highest BCUT2D eigenvalue weighted by atomic mass is 32.2. The van der Waals surface area contributed by atoms with Gasteiger partial charge in [-0.25, -0.2) is 97.8 Å². The fourth-order valence-electron chi connectivity index (χ4n) is 14.1. The van der Waals surface area contributed by atoms with Gasteiger partial charge >= 0.3 is 0 Å². The summed E-state index contributed by atoms with van der Waals surface area (Å²) in [5.41, 5.74) is 15.6. The second-order valence-corrected chi connectivity index (χ2v) is 41.4. The molecule has 39 heteroatoms. The molecule has 694 valence electrons. The Morgan fingerprint density at radius 3 is 1.04 bits per heavy atom. The van der Waals surface area contributed by atoms with Crippen LogP contribution in [0.5, 0.6) is 5.75 Å². The molecule has 0 saturated heterocycles. The van der Waals surface area contributed by atoms with Gasteiger partial charge in [0, 0.05) is 52.9 Å². The standard InChI is InChI=1S/C17H15FN2O2S.C17H14FNO3S.C16H14FN3O2S.2C16H15N3O2S.C13H18N2O5S/c1-12-11-17(13-3-5-14(18)6-4-13)20(19-12)15-7-9-16(10-8-15)23(2,21)22;1-23(21,22)15-8-2-12(3-9-15)16-10-11-17(20)19(16)14-6-4-13(18)5-7-14;1-11-10-16(12-2-4-13(17)5-3-12)20(19-11)14-6-8-15(9-7-14)23(18,21)22;1-12-11-16(19(18-12)14-5-3-2-4-6-14)13-7-9-15(10-8-13)22(17,20)21;1-12-11-16(13-5-3-2-4-6-13)19(18-12)14-7-9-15(10-8-14)22(17,20)21;1-21(18,19)14-12-8-7-10(15(16)17)9-13(12)20-11-5-3-2-4-6-11/h3-11H,1-2H3;2-10H,11H2,1H3;2-10H,1H3,(H2,18,21,22);2*2-11H,1H3,(H2,17,20,21);7-9,11,14H,2-6H2,1H3. The number of halogens is 3. The summed E-state index contributed by atoms with van der Waals surface area (Å²) in [5, 5.41) is 44.0.